The Morgan fingerprint density at radius 3 is 2.62 bits per heavy atom. The number of carbonyl (C=O) groups excluding carboxylic acids is 2. The van der Waals surface area contributed by atoms with Crippen LogP contribution in [-0.4, -0.2) is 48.9 Å². The Hall–Kier alpha value is -2.69. The third-order valence-electron chi connectivity index (χ3n) is 4.74. The van der Waals surface area contributed by atoms with E-state index >= 15 is 0 Å². The molecule has 1 saturated heterocycles. The summed E-state index contributed by atoms with van der Waals surface area (Å²) in [6, 6.07) is 12.5. The first-order chi connectivity index (χ1) is 12.6. The number of hydrogen-bond donors (Lipinski definition) is 2. The summed E-state index contributed by atoms with van der Waals surface area (Å²) in [6.07, 6.45) is 0. The third kappa shape index (κ3) is 3.93. The molecule has 1 aromatic carbocycles. The summed E-state index contributed by atoms with van der Waals surface area (Å²) in [4.78, 5) is 28.7. The fourth-order valence-electron chi connectivity index (χ4n) is 3.10. The summed E-state index contributed by atoms with van der Waals surface area (Å²) in [5.41, 5.74) is 0.993. The summed E-state index contributed by atoms with van der Waals surface area (Å²) in [7, 11) is 0. The van der Waals surface area contributed by atoms with Gasteiger partial charge in [0.2, 0.25) is 0 Å². The van der Waals surface area contributed by atoms with Gasteiger partial charge in [0.1, 0.15) is 6.07 Å². The van der Waals surface area contributed by atoms with Crippen LogP contribution in [0, 0.1) is 11.3 Å². The van der Waals surface area contributed by atoms with Gasteiger partial charge in [-0.2, -0.15) is 5.26 Å². The number of amides is 2. The van der Waals surface area contributed by atoms with Crippen molar-refractivity contribution < 1.29 is 14.5 Å². The molecule has 2 aromatic rings. The Kier molecular flexibility index (Phi) is 5.66. The number of anilines is 1. The fraction of sp³-hybridized carbons (Fsp3) is 0.316. The molecule has 2 amide bonds. The molecule has 1 aromatic heterocycles. The maximum atomic E-state index is 12.6. The van der Waals surface area contributed by atoms with E-state index in [0.29, 0.717) is 24.3 Å². The lowest BCUT2D eigenvalue weighted by molar-refractivity contribution is -0.917. The van der Waals surface area contributed by atoms with Gasteiger partial charge in [0.25, 0.3) is 11.8 Å². The smallest absolute Gasteiger partial charge is 0.282 e. The second-order valence-electron chi connectivity index (χ2n) is 6.30. The average molecular weight is 369 g/mol. The molecule has 134 valence electrons. The lowest BCUT2D eigenvalue weighted by atomic mass is 10.1. The lowest BCUT2D eigenvalue weighted by Gasteiger charge is -2.34. The summed E-state index contributed by atoms with van der Waals surface area (Å²) >= 11 is 1.45. The molecule has 1 aliphatic rings. The molecule has 26 heavy (non-hydrogen) atoms. The first-order valence-electron chi connectivity index (χ1n) is 8.57. The quantitative estimate of drug-likeness (QED) is 0.844. The zero-order chi connectivity index (χ0) is 18.5. The number of carbonyl (C=O) groups is 2. The molecular weight excluding hydrogens is 348 g/mol. The number of nitrogens with one attached hydrogen (secondary N) is 2. The topological polar surface area (TPSA) is 77.6 Å². The summed E-state index contributed by atoms with van der Waals surface area (Å²) in [5.74, 6) is -0.0418. The van der Waals surface area contributed by atoms with Crippen LogP contribution in [0.1, 0.15) is 22.2 Å². The van der Waals surface area contributed by atoms with E-state index in [1.165, 1.54) is 11.3 Å². The largest absolute Gasteiger partial charge is 0.327 e. The highest BCUT2D eigenvalue weighted by atomic mass is 32.1. The van der Waals surface area contributed by atoms with Crippen molar-refractivity contribution in [2.24, 2.45) is 0 Å². The minimum Gasteiger partial charge on any atom is -0.327 e. The van der Waals surface area contributed by atoms with Crippen molar-refractivity contribution >= 4 is 28.8 Å². The highest BCUT2D eigenvalue weighted by molar-refractivity contribution is 7.12. The van der Waals surface area contributed by atoms with Crippen LogP contribution < -0.4 is 10.2 Å². The second-order valence-corrected chi connectivity index (χ2v) is 7.24. The highest BCUT2D eigenvalue weighted by Gasteiger charge is 2.31. The maximum absolute atomic E-state index is 12.6. The number of thiophene rings is 1. The van der Waals surface area contributed by atoms with E-state index in [-0.39, 0.29) is 17.9 Å². The minimum atomic E-state index is -0.249. The number of rotatable bonds is 4. The number of hydrogen-bond acceptors (Lipinski definition) is 4. The third-order valence-corrected chi connectivity index (χ3v) is 5.59. The monoisotopic (exact) mass is 369 g/mol. The van der Waals surface area contributed by atoms with Gasteiger partial charge in [-0.25, -0.2) is 0 Å². The Labute approximate surface area is 156 Å². The van der Waals surface area contributed by atoms with Gasteiger partial charge in [0.05, 0.1) is 42.3 Å². The molecule has 1 fully saturated rings. The van der Waals surface area contributed by atoms with E-state index in [9.17, 15) is 9.59 Å². The van der Waals surface area contributed by atoms with Crippen LogP contribution in [0.2, 0.25) is 0 Å². The molecule has 0 radical (unpaired) electrons. The number of benzene rings is 1. The first kappa shape index (κ1) is 18.1. The zero-order valence-electron chi connectivity index (χ0n) is 14.6. The van der Waals surface area contributed by atoms with Crippen LogP contribution in [0.25, 0.3) is 0 Å². The molecule has 0 spiro atoms. The van der Waals surface area contributed by atoms with Crippen molar-refractivity contribution in [2.75, 3.05) is 31.5 Å². The van der Waals surface area contributed by atoms with E-state index < -0.39 is 0 Å². The molecule has 1 aliphatic heterocycles. The van der Waals surface area contributed by atoms with Crippen molar-refractivity contribution in [1.29, 1.82) is 5.26 Å². The molecule has 0 aliphatic carbocycles. The highest BCUT2D eigenvalue weighted by Crippen LogP contribution is 2.14. The predicted octanol–water partition coefficient (Wildman–Crippen LogP) is 0.988. The van der Waals surface area contributed by atoms with Crippen LogP contribution in [-0.2, 0) is 4.79 Å². The summed E-state index contributed by atoms with van der Waals surface area (Å²) in [5, 5.41) is 13.9. The van der Waals surface area contributed by atoms with Gasteiger partial charge in [-0.3, -0.25) is 9.59 Å². The zero-order valence-corrected chi connectivity index (χ0v) is 15.4. The predicted molar refractivity (Wildman–Crippen MR) is 100 cm³/mol. The van der Waals surface area contributed by atoms with Crippen molar-refractivity contribution in [2.45, 2.75) is 13.0 Å². The molecule has 0 saturated carbocycles. The van der Waals surface area contributed by atoms with Gasteiger partial charge in [-0.15, -0.1) is 11.3 Å². The van der Waals surface area contributed by atoms with Crippen molar-refractivity contribution in [1.82, 2.24) is 4.90 Å². The molecule has 7 heteroatoms. The van der Waals surface area contributed by atoms with Crippen LogP contribution in [0.3, 0.4) is 0 Å². The molecular formula is C19H21N4O2S+. The van der Waals surface area contributed by atoms with Gasteiger partial charge >= 0.3 is 0 Å². The van der Waals surface area contributed by atoms with E-state index in [2.05, 4.69) is 11.4 Å². The standard InChI is InChI=1S/C19H20N4O2S/c1-14(18(24)21-16-6-3-2-5-15(16)13-20)22-8-10-23(11-9-22)19(25)17-7-4-12-26-17/h2-7,12,14H,8-11H2,1H3,(H,21,24)/p+1/t14-/m1/s1. The molecule has 2 heterocycles. The average Bonchev–Trinajstić information content (AvgIpc) is 3.22. The minimum absolute atomic E-state index is 0.0686. The van der Waals surface area contributed by atoms with Crippen molar-refractivity contribution in [3.8, 4) is 6.07 Å². The van der Waals surface area contributed by atoms with Gasteiger partial charge in [0, 0.05) is 0 Å². The van der Waals surface area contributed by atoms with E-state index in [4.69, 9.17) is 5.26 Å². The Balaban J connectivity index is 1.56. The molecule has 3 rings (SSSR count). The summed E-state index contributed by atoms with van der Waals surface area (Å²) < 4.78 is 0. The normalized spacial score (nSPS) is 15.9. The second kappa shape index (κ2) is 8.13. The van der Waals surface area contributed by atoms with E-state index in [1.54, 1.807) is 24.3 Å². The Morgan fingerprint density at radius 2 is 1.96 bits per heavy atom. The molecule has 0 bridgehead atoms. The van der Waals surface area contributed by atoms with Gasteiger partial charge in [-0.1, -0.05) is 18.2 Å². The lowest BCUT2D eigenvalue weighted by Crippen LogP contribution is -3.19. The molecule has 0 unspecified atom stereocenters. The molecule has 2 N–H and O–H groups in total. The number of piperazine rings is 1. The molecule has 1 atom stereocenters. The van der Waals surface area contributed by atoms with Crippen LogP contribution >= 0.6 is 11.3 Å². The van der Waals surface area contributed by atoms with Gasteiger partial charge in [0.15, 0.2) is 6.04 Å². The first-order valence-corrected chi connectivity index (χ1v) is 9.45. The van der Waals surface area contributed by atoms with Crippen LogP contribution in [0.4, 0.5) is 5.69 Å². The van der Waals surface area contributed by atoms with E-state index in [1.807, 2.05) is 29.3 Å². The number of nitriles is 1. The number of nitrogens with zero attached hydrogens (tertiary/aromatic N) is 2. The maximum Gasteiger partial charge on any atom is 0.282 e. The SMILES string of the molecule is C[C@H](C(=O)Nc1ccccc1C#N)[NH+]1CCN(C(=O)c2cccs2)CC1. The number of para-hydroxylation sites is 1. The summed E-state index contributed by atoms with van der Waals surface area (Å²) in [6.45, 7) is 4.62. The van der Waals surface area contributed by atoms with E-state index in [0.717, 1.165) is 22.9 Å². The molecule has 6 nitrogen and oxygen atoms in total. The van der Waals surface area contributed by atoms with Crippen LogP contribution in [0.5, 0.6) is 0 Å². The van der Waals surface area contributed by atoms with Crippen molar-refractivity contribution in [3.63, 3.8) is 0 Å². The Morgan fingerprint density at radius 1 is 1.23 bits per heavy atom. The number of quaternary nitrogens is 1. The van der Waals surface area contributed by atoms with Gasteiger partial charge in [-0.05, 0) is 30.5 Å². The van der Waals surface area contributed by atoms with Crippen molar-refractivity contribution in [3.05, 3.63) is 52.2 Å². The Bertz CT molecular complexity index is 820. The van der Waals surface area contributed by atoms with Gasteiger partial charge < -0.3 is 15.1 Å². The fourth-order valence-corrected chi connectivity index (χ4v) is 3.79. The van der Waals surface area contributed by atoms with Crippen LogP contribution in [0.15, 0.2) is 41.8 Å².